The van der Waals surface area contributed by atoms with Crippen LogP contribution in [0.25, 0.3) is 0 Å². The summed E-state index contributed by atoms with van der Waals surface area (Å²) in [6.07, 6.45) is 0. The van der Waals surface area contributed by atoms with Gasteiger partial charge in [-0.1, -0.05) is 18.2 Å². The van der Waals surface area contributed by atoms with Gasteiger partial charge in [-0.15, -0.1) is 0 Å². The van der Waals surface area contributed by atoms with Gasteiger partial charge in [-0.2, -0.15) is 11.3 Å². The van der Waals surface area contributed by atoms with Crippen LogP contribution in [0.2, 0.25) is 0 Å². The number of nitrogens with zero attached hydrogens (tertiary/aromatic N) is 2. The number of amides is 1. The summed E-state index contributed by atoms with van der Waals surface area (Å²) in [5, 5.41) is 3.88. The Morgan fingerprint density at radius 1 is 1.14 bits per heavy atom. The summed E-state index contributed by atoms with van der Waals surface area (Å²) in [5.74, 6) is -0.981. The van der Waals surface area contributed by atoms with Crippen LogP contribution in [0.5, 0.6) is 0 Å². The van der Waals surface area contributed by atoms with Crippen molar-refractivity contribution in [1.29, 1.82) is 0 Å². The summed E-state index contributed by atoms with van der Waals surface area (Å²) in [6, 6.07) is 11.0. The number of sulfonamides is 1. The molecule has 0 aliphatic carbocycles. The van der Waals surface area contributed by atoms with E-state index in [-0.39, 0.29) is 0 Å². The third-order valence-electron chi connectivity index (χ3n) is 3.15. The van der Waals surface area contributed by atoms with Crippen molar-refractivity contribution in [1.82, 2.24) is 4.31 Å². The fourth-order valence-corrected chi connectivity index (χ4v) is 3.25. The molecule has 0 aliphatic heterocycles. The fraction of sp³-hybridized carbons (Fsp3) is 0.267. The van der Waals surface area contributed by atoms with Crippen LogP contribution in [0.15, 0.2) is 47.2 Å². The highest BCUT2D eigenvalue weighted by molar-refractivity contribution is 7.89. The number of thiophene rings is 1. The maximum Gasteiger partial charge on any atom is 0.243 e. The molecule has 0 radical (unpaired) electrons. The minimum atomic E-state index is -3.58. The molecule has 0 saturated carbocycles. The molecule has 22 heavy (non-hydrogen) atoms. The van der Waals surface area contributed by atoms with Gasteiger partial charge in [-0.05, 0) is 34.5 Å². The second kappa shape index (κ2) is 7.04. The largest absolute Gasteiger partial charge is 0.307 e. The first-order valence-corrected chi connectivity index (χ1v) is 9.22. The van der Waals surface area contributed by atoms with Crippen LogP contribution in [-0.2, 0) is 21.4 Å². The van der Waals surface area contributed by atoms with E-state index in [4.69, 9.17) is 0 Å². The van der Waals surface area contributed by atoms with Crippen molar-refractivity contribution in [2.75, 3.05) is 24.7 Å². The third kappa shape index (κ3) is 4.16. The highest BCUT2D eigenvalue weighted by Gasteiger charge is 2.24. The van der Waals surface area contributed by atoms with Crippen LogP contribution in [0.3, 0.4) is 0 Å². The zero-order valence-corrected chi connectivity index (χ0v) is 14.1. The van der Waals surface area contributed by atoms with Gasteiger partial charge in [-0.3, -0.25) is 4.79 Å². The van der Waals surface area contributed by atoms with Crippen molar-refractivity contribution in [3.63, 3.8) is 0 Å². The standard InChI is InChI=1S/C15H18N2O3S2/c1-16(2)22(19,20)12-15(18)17(10-13-8-9-21-11-13)14-6-4-3-5-7-14/h3-9,11H,10,12H2,1-2H3. The van der Waals surface area contributed by atoms with Gasteiger partial charge in [0.2, 0.25) is 15.9 Å². The second-order valence-electron chi connectivity index (χ2n) is 4.99. The van der Waals surface area contributed by atoms with Gasteiger partial charge in [0.1, 0.15) is 5.75 Å². The molecule has 0 spiro atoms. The smallest absolute Gasteiger partial charge is 0.243 e. The number of carbonyl (C=O) groups excluding carboxylic acids is 1. The molecule has 118 valence electrons. The molecule has 2 rings (SSSR count). The lowest BCUT2D eigenvalue weighted by Gasteiger charge is -2.23. The highest BCUT2D eigenvalue weighted by Crippen LogP contribution is 2.19. The molecule has 5 nitrogen and oxygen atoms in total. The minimum Gasteiger partial charge on any atom is -0.307 e. The lowest BCUT2D eigenvalue weighted by Crippen LogP contribution is -2.38. The zero-order chi connectivity index (χ0) is 16.2. The second-order valence-corrected chi connectivity index (χ2v) is 7.95. The van der Waals surface area contributed by atoms with E-state index in [1.807, 2.05) is 35.0 Å². The highest BCUT2D eigenvalue weighted by atomic mass is 32.2. The van der Waals surface area contributed by atoms with Crippen LogP contribution in [0.4, 0.5) is 5.69 Å². The van der Waals surface area contributed by atoms with Gasteiger partial charge in [0.05, 0.1) is 6.54 Å². The Bertz CT molecular complexity index is 711. The van der Waals surface area contributed by atoms with E-state index in [0.717, 1.165) is 9.87 Å². The van der Waals surface area contributed by atoms with E-state index in [9.17, 15) is 13.2 Å². The van der Waals surface area contributed by atoms with Crippen molar-refractivity contribution >= 4 is 33.0 Å². The Kier molecular flexibility index (Phi) is 5.33. The predicted octanol–water partition coefficient (Wildman–Crippen LogP) is 2.17. The minimum absolute atomic E-state index is 0.356. The number of hydrogen-bond acceptors (Lipinski definition) is 4. The Hall–Kier alpha value is -1.70. The molecular formula is C15H18N2O3S2. The third-order valence-corrected chi connectivity index (χ3v) is 5.61. The molecule has 0 saturated heterocycles. The summed E-state index contributed by atoms with van der Waals surface area (Å²) in [4.78, 5) is 14.0. The van der Waals surface area contributed by atoms with Gasteiger partial charge in [0, 0.05) is 19.8 Å². The quantitative estimate of drug-likeness (QED) is 0.811. The van der Waals surface area contributed by atoms with Crippen molar-refractivity contribution in [3.05, 3.63) is 52.7 Å². The molecule has 7 heteroatoms. The number of anilines is 1. The lowest BCUT2D eigenvalue weighted by atomic mass is 10.2. The Labute approximate surface area is 134 Å². The summed E-state index contributed by atoms with van der Waals surface area (Å²) in [5.41, 5.74) is 1.66. The molecule has 0 atom stereocenters. The molecule has 1 aromatic heterocycles. The number of hydrogen-bond donors (Lipinski definition) is 0. The number of para-hydroxylation sites is 1. The molecular weight excluding hydrogens is 320 g/mol. The first kappa shape index (κ1) is 16.7. The van der Waals surface area contributed by atoms with Gasteiger partial charge in [-0.25, -0.2) is 12.7 Å². The van der Waals surface area contributed by atoms with E-state index in [1.54, 1.807) is 23.5 Å². The van der Waals surface area contributed by atoms with Crippen LogP contribution in [0, 0.1) is 0 Å². The maximum atomic E-state index is 12.5. The molecule has 0 bridgehead atoms. The topological polar surface area (TPSA) is 57.7 Å². The molecule has 0 fully saturated rings. The zero-order valence-electron chi connectivity index (χ0n) is 12.5. The first-order chi connectivity index (χ1) is 10.4. The van der Waals surface area contributed by atoms with Crippen molar-refractivity contribution in [2.24, 2.45) is 0 Å². The number of benzene rings is 1. The molecule has 0 unspecified atom stereocenters. The molecule has 1 aromatic carbocycles. The number of carbonyl (C=O) groups is 1. The van der Waals surface area contributed by atoms with Crippen molar-refractivity contribution < 1.29 is 13.2 Å². The summed E-state index contributed by atoms with van der Waals surface area (Å²) < 4.78 is 25.0. The maximum absolute atomic E-state index is 12.5. The number of rotatable bonds is 6. The monoisotopic (exact) mass is 338 g/mol. The average Bonchev–Trinajstić information content (AvgIpc) is 2.98. The average molecular weight is 338 g/mol. The Morgan fingerprint density at radius 3 is 2.36 bits per heavy atom. The summed E-state index contributed by atoms with van der Waals surface area (Å²) in [6.45, 7) is 0.356. The van der Waals surface area contributed by atoms with Crippen LogP contribution in [-0.4, -0.2) is 38.5 Å². The molecule has 0 aliphatic rings. The molecule has 2 aromatic rings. The lowest BCUT2D eigenvalue weighted by molar-refractivity contribution is -0.116. The summed E-state index contributed by atoms with van der Waals surface area (Å²) >= 11 is 1.54. The molecule has 1 amide bonds. The SMILES string of the molecule is CN(C)S(=O)(=O)CC(=O)N(Cc1ccsc1)c1ccccc1. The Balaban J connectivity index is 2.26. The normalized spacial score (nSPS) is 11.6. The van der Waals surface area contributed by atoms with E-state index in [0.29, 0.717) is 12.2 Å². The Morgan fingerprint density at radius 2 is 1.82 bits per heavy atom. The van der Waals surface area contributed by atoms with Crippen LogP contribution >= 0.6 is 11.3 Å². The van der Waals surface area contributed by atoms with E-state index < -0.39 is 21.7 Å². The van der Waals surface area contributed by atoms with Gasteiger partial charge in [0.25, 0.3) is 0 Å². The molecule has 1 heterocycles. The predicted molar refractivity (Wildman–Crippen MR) is 89.4 cm³/mol. The van der Waals surface area contributed by atoms with Gasteiger partial charge >= 0.3 is 0 Å². The van der Waals surface area contributed by atoms with Crippen molar-refractivity contribution in [2.45, 2.75) is 6.54 Å². The fourth-order valence-electron chi connectivity index (χ4n) is 1.86. The van der Waals surface area contributed by atoms with Gasteiger partial charge in [0.15, 0.2) is 0 Å². The first-order valence-electron chi connectivity index (χ1n) is 6.67. The van der Waals surface area contributed by atoms with Crippen molar-refractivity contribution in [3.8, 4) is 0 Å². The van der Waals surface area contributed by atoms with E-state index in [1.165, 1.54) is 19.0 Å². The molecule has 0 N–H and O–H groups in total. The van der Waals surface area contributed by atoms with E-state index >= 15 is 0 Å². The van der Waals surface area contributed by atoms with Gasteiger partial charge < -0.3 is 4.90 Å². The van der Waals surface area contributed by atoms with Crippen LogP contribution in [0.1, 0.15) is 5.56 Å². The summed E-state index contributed by atoms with van der Waals surface area (Å²) in [7, 11) is -0.735. The van der Waals surface area contributed by atoms with Crippen LogP contribution < -0.4 is 4.90 Å². The van der Waals surface area contributed by atoms with E-state index in [2.05, 4.69) is 0 Å².